The van der Waals surface area contributed by atoms with Gasteiger partial charge >= 0.3 is 5.97 Å². The molecule has 1 aliphatic rings. The van der Waals surface area contributed by atoms with Crippen molar-refractivity contribution >= 4 is 73.4 Å². The molecule has 82 valence electrons. The maximum Gasteiger partial charge on any atom is 0.310 e. The third kappa shape index (κ3) is 2.56. The van der Waals surface area contributed by atoms with Crippen molar-refractivity contribution in [3.05, 3.63) is 0 Å². The van der Waals surface area contributed by atoms with Gasteiger partial charge < -0.3 is 4.74 Å². The van der Waals surface area contributed by atoms with Crippen LogP contribution >= 0.6 is 59.4 Å². The van der Waals surface area contributed by atoms with Crippen molar-refractivity contribution in [2.75, 3.05) is 5.50 Å². The molecule has 1 rings (SSSR count). The second-order valence-electron chi connectivity index (χ2n) is 4.00. The zero-order valence-corrected chi connectivity index (χ0v) is 14.2. The molecule has 2 atom stereocenters. The summed E-state index contributed by atoms with van der Waals surface area (Å²) in [6, 6.07) is 0. The lowest BCUT2D eigenvalue weighted by Gasteiger charge is -2.46. The largest absolute Gasteiger partial charge is 0.458 e. The predicted octanol–water partition coefficient (Wildman–Crippen LogP) is 3.61. The van der Waals surface area contributed by atoms with Crippen LogP contribution in [0.25, 0.3) is 0 Å². The molecule has 7 heteroatoms. The van der Waals surface area contributed by atoms with Crippen LogP contribution in [0.15, 0.2) is 0 Å². The molecule has 0 aromatic carbocycles. The average molecular weight is 429 g/mol. The molecule has 1 fully saturated rings. The van der Waals surface area contributed by atoms with E-state index in [1.165, 1.54) is 0 Å². The van der Waals surface area contributed by atoms with Crippen molar-refractivity contribution in [1.82, 2.24) is 0 Å². The van der Waals surface area contributed by atoms with E-state index in [1.54, 1.807) is 0 Å². The van der Waals surface area contributed by atoms with Gasteiger partial charge in [0, 0.05) is 5.50 Å². The van der Waals surface area contributed by atoms with Gasteiger partial charge in [0.1, 0.15) is 6.10 Å². The Morgan fingerprint density at radius 1 is 1.50 bits per heavy atom. The lowest BCUT2D eigenvalue weighted by atomic mass is 10.2. The van der Waals surface area contributed by atoms with E-state index in [1.807, 2.05) is 0 Å². The van der Waals surface area contributed by atoms with Crippen molar-refractivity contribution in [3.63, 3.8) is 0 Å². The first kappa shape index (κ1) is 13.5. The Balaban J connectivity index is 2.82. The molecule has 0 spiro atoms. The molecule has 0 N–H and O–H groups in total. The number of hydrogen-bond donors (Lipinski definition) is 0. The van der Waals surface area contributed by atoms with Gasteiger partial charge in [-0.1, -0.05) is 60.9 Å². The molecule has 0 aromatic rings. The molecule has 0 aromatic heterocycles. The van der Waals surface area contributed by atoms with E-state index in [0.717, 1.165) is 0 Å². The van der Waals surface area contributed by atoms with Gasteiger partial charge in [0.25, 0.3) is 0 Å². The van der Waals surface area contributed by atoms with E-state index < -0.39 is 10.2 Å². The fourth-order valence-corrected chi connectivity index (χ4v) is 5.70. The van der Waals surface area contributed by atoms with E-state index in [4.69, 9.17) is 16.3 Å². The summed E-state index contributed by atoms with van der Waals surface area (Å²) >= 11 is 16.0. The minimum atomic E-state index is -1.73. The highest BCUT2D eigenvalue weighted by Crippen LogP contribution is 2.52. The van der Waals surface area contributed by atoms with E-state index >= 15 is 0 Å². The molecule has 1 heterocycles. The van der Waals surface area contributed by atoms with Crippen LogP contribution < -0.4 is 0 Å². The van der Waals surface area contributed by atoms with E-state index in [2.05, 4.69) is 60.9 Å². The molecule has 0 unspecified atom stereocenters. The quantitative estimate of drug-likeness (QED) is 0.381. The normalized spacial score (nSPS) is 28.3. The van der Waals surface area contributed by atoms with Gasteiger partial charge in [-0.15, -0.1) is 11.6 Å². The summed E-state index contributed by atoms with van der Waals surface area (Å²) in [4.78, 5) is 11.4. The van der Waals surface area contributed by atoms with Crippen LogP contribution in [0.2, 0.25) is 18.6 Å². The molecule has 14 heavy (non-hydrogen) atoms. The number of halogens is 4. The Labute approximate surface area is 114 Å². The molecule has 0 saturated carbocycles. The van der Waals surface area contributed by atoms with Crippen LogP contribution in [0, 0.1) is 0 Å². The van der Waals surface area contributed by atoms with Gasteiger partial charge in [0.2, 0.25) is 0 Å². The zero-order chi connectivity index (χ0) is 11.1. The van der Waals surface area contributed by atoms with Gasteiger partial charge in [-0.2, -0.15) is 0 Å². The number of cyclic esters (lactones) is 1. The van der Waals surface area contributed by atoms with E-state index in [0.29, 0.717) is 5.50 Å². The van der Waals surface area contributed by atoms with Gasteiger partial charge in [-0.25, -0.2) is 0 Å². The van der Waals surface area contributed by atoms with Crippen molar-refractivity contribution in [3.8, 4) is 0 Å². The summed E-state index contributed by atoms with van der Waals surface area (Å²) < 4.78 is 4.57. The van der Waals surface area contributed by atoms with Crippen molar-refractivity contribution in [1.29, 1.82) is 0 Å². The monoisotopic (exact) mass is 426 g/mol. The van der Waals surface area contributed by atoms with Crippen molar-refractivity contribution in [2.45, 2.75) is 26.9 Å². The topological polar surface area (TPSA) is 26.3 Å². The number of rotatable bonds is 2. The molecule has 0 amide bonds. The van der Waals surface area contributed by atoms with Gasteiger partial charge in [0.05, 0.1) is 13.6 Å². The molecule has 2 nitrogen and oxygen atoms in total. The van der Waals surface area contributed by atoms with Crippen LogP contribution in [0.5, 0.6) is 0 Å². The third-order valence-electron chi connectivity index (χ3n) is 2.31. The standard InChI is InChI=1S/C7H10Br3ClO2Si/c1-14(2,3-11)4-5(7(8,9)10)13-6(4)12/h4-5H,3H2,1-2H3/t4-,5+/m1/s1. The highest BCUT2D eigenvalue weighted by Gasteiger charge is 2.58. The van der Waals surface area contributed by atoms with Crippen molar-refractivity contribution < 1.29 is 9.53 Å². The Kier molecular flexibility index (Phi) is 4.19. The van der Waals surface area contributed by atoms with Crippen molar-refractivity contribution in [2.24, 2.45) is 0 Å². The minimum absolute atomic E-state index is 0.0573. The molecule has 1 saturated heterocycles. The van der Waals surface area contributed by atoms with Crippen LogP contribution in [-0.2, 0) is 9.53 Å². The highest BCUT2D eigenvalue weighted by molar-refractivity contribution is 9.39. The molecular formula is C7H10Br3ClO2Si. The third-order valence-corrected chi connectivity index (χ3v) is 8.64. The summed E-state index contributed by atoms with van der Waals surface area (Å²) in [5.74, 6) is -0.130. The highest BCUT2D eigenvalue weighted by atomic mass is 80.0. The maximum absolute atomic E-state index is 11.4. The van der Waals surface area contributed by atoms with Gasteiger partial charge in [-0.05, 0) is 0 Å². The number of esters is 1. The average Bonchev–Trinajstić information content (AvgIpc) is 1.97. The number of alkyl halides is 4. The number of carbonyl (C=O) groups is 1. The Bertz CT molecular complexity index is 254. The summed E-state index contributed by atoms with van der Waals surface area (Å²) in [5.41, 5.74) is 0.505. The summed E-state index contributed by atoms with van der Waals surface area (Å²) in [7, 11) is -1.73. The fourth-order valence-electron chi connectivity index (χ4n) is 1.39. The summed E-state index contributed by atoms with van der Waals surface area (Å²) in [6.07, 6.45) is -0.185. The van der Waals surface area contributed by atoms with Crippen LogP contribution in [-0.4, -0.2) is 27.8 Å². The summed E-state index contributed by atoms with van der Waals surface area (Å²) in [6.45, 7) is 4.19. The van der Waals surface area contributed by atoms with Gasteiger partial charge in [0.15, 0.2) is 2.14 Å². The van der Waals surface area contributed by atoms with Gasteiger partial charge in [-0.3, -0.25) is 4.79 Å². The summed E-state index contributed by atoms with van der Waals surface area (Å²) in [5, 5.41) is 0. The van der Waals surface area contributed by atoms with Crippen LogP contribution in [0.3, 0.4) is 0 Å². The predicted molar refractivity (Wildman–Crippen MR) is 71.3 cm³/mol. The SMILES string of the molecule is C[Si](C)(CCl)[C@H]1C(=O)O[C@@H]1C(Br)(Br)Br. The number of carbonyl (C=O) groups excluding carboxylic acids is 1. The number of ether oxygens (including phenoxy) is 1. The van der Waals surface area contributed by atoms with Crippen LogP contribution in [0.1, 0.15) is 0 Å². The lowest BCUT2D eigenvalue weighted by Crippen LogP contribution is -2.59. The fraction of sp³-hybridized carbons (Fsp3) is 0.857. The first-order valence-electron chi connectivity index (χ1n) is 4.03. The Hall–Kier alpha value is 1.42. The maximum atomic E-state index is 11.4. The lowest BCUT2D eigenvalue weighted by molar-refractivity contribution is -0.168. The minimum Gasteiger partial charge on any atom is -0.458 e. The molecule has 0 radical (unpaired) electrons. The first-order valence-corrected chi connectivity index (χ1v) is 10.2. The second-order valence-corrected chi connectivity index (χ2v) is 16.6. The molecule has 0 bridgehead atoms. The van der Waals surface area contributed by atoms with E-state index in [-0.39, 0.29) is 17.6 Å². The molecular weight excluding hydrogens is 419 g/mol. The molecule has 0 aliphatic carbocycles. The molecule has 1 aliphatic heterocycles. The first-order chi connectivity index (χ1) is 6.20. The Morgan fingerprint density at radius 2 is 2.00 bits per heavy atom. The second kappa shape index (κ2) is 4.35. The van der Waals surface area contributed by atoms with Crippen LogP contribution in [0.4, 0.5) is 0 Å². The Morgan fingerprint density at radius 3 is 2.29 bits per heavy atom. The van der Waals surface area contributed by atoms with E-state index in [9.17, 15) is 4.79 Å². The zero-order valence-electron chi connectivity index (χ0n) is 7.69. The smallest absolute Gasteiger partial charge is 0.310 e. The number of hydrogen-bond acceptors (Lipinski definition) is 2.